The number of tetrazole rings is 2. The van der Waals surface area contributed by atoms with Crippen LogP contribution in [0.2, 0.25) is 0 Å². The van der Waals surface area contributed by atoms with Crippen LogP contribution in [-0.2, 0) is 11.3 Å². The zero-order valence-corrected chi connectivity index (χ0v) is 15.3. The molecule has 4 aromatic rings. The second-order valence-corrected chi connectivity index (χ2v) is 6.28. The quantitative estimate of drug-likeness (QED) is 0.563. The molecule has 0 fully saturated rings. The highest BCUT2D eigenvalue weighted by Crippen LogP contribution is 2.22. The Morgan fingerprint density at radius 2 is 1.96 bits per heavy atom. The lowest BCUT2D eigenvalue weighted by molar-refractivity contribution is -0.117. The molecule has 0 atom stereocenters. The smallest absolute Gasteiger partial charge is 0.248 e. The van der Waals surface area contributed by atoms with E-state index in [2.05, 4.69) is 36.3 Å². The summed E-state index contributed by atoms with van der Waals surface area (Å²) in [4.78, 5) is 13.6. The predicted octanol–water partition coefficient (Wildman–Crippen LogP) is 1.57. The minimum atomic E-state index is -0.232. The third-order valence-electron chi connectivity index (χ3n) is 4.13. The van der Waals surface area contributed by atoms with Gasteiger partial charge in [0.2, 0.25) is 11.7 Å². The van der Waals surface area contributed by atoms with Gasteiger partial charge in [0.15, 0.2) is 0 Å². The molecule has 0 saturated heterocycles. The number of amides is 1. The summed E-state index contributed by atoms with van der Waals surface area (Å²) in [5.74, 6) is 0.148. The SMILES string of the molecule is Cc1ccc(NC(=O)Cn2nnc(-c3ccccc3-n3cnnn3)n2)c(C)c1. The first kappa shape index (κ1) is 17.5. The summed E-state index contributed by atoms with van der Waals surface area (Å²) in [6.07, 6.45) is 1.49. The molecule has 0 radical (unpaired) electrons. The van der Waals surface area contributed by atoms with Gasteiger partial charge < -0.3 is 5.32 Å². The van der Waals surface area contributed by atoms with E-state index >= 15 is 0 Å². The molecule has 2 aromatic carbocycles. The van der Waals surface area contributed by atoms with Crippen LogP contribution in [0.15, 0.2) is 48.8 Å². The molecule has 10 nitrogen and oxygen atoms in total. The van der Waals surface area contributed by atoms with E-state index in [4.69, 9.17) is 0 Å². The van der Waals surface area contributed by atoms with E-state index in [0.29, 0.717) is 17.1 Å². The van der Waals surface area contributed by atoms with Gasteiger partial charge in [-0.25, -0.2) is 0 Å². The Morgan fingerprint density at radius 3 is 2.75 bits per heavy atom. The molecule has 4 rings (SSSR count). The number of hydrogen-bond donors (Lipinski definition) is 1. The molecule has 0 saturated carbocycles. The summed E-state index contributed by atoms with van der Waals surface area (Å²) in [5.41, 5.74) is 4.32. The molecule has 0 aliphatic heterocycles. The lowest BCUT2D eigenvalue weighted by Crippen LogP contribution is -2.21. The number of aryl methyl sites for hydroxylation is 2. The first-order valence-electron chi connectivity index (χ1n) is 8.58. The highest BCUT2D eigenvalue weighted by Gasteiger charge is 2.14. The van der Waals surface area contributed by atoms with Crippen molar-refractivity contribution in [3.8, 4) is 17.1 Å². The van der Waals surface area contributed by atoms with Crippen molar-refractivity contribution in [2.75, 3.05) is 5.32 Å². The average molecular weight is 375 g/mol. The van der Waals surface area contributed by atoms with Crippen molar-refractivity contribution in [3.05, 3.63) is 59.9 Å². The number of carbonyl (C=O) groups is 1. The zero-order chi connectivity index (χ0) is 19.5. The van der Waals surface area contributed by atoms with Gasteiger partial charge in [-0.1, -0.05) is 29.8 Å². The summed E-state index contributed by atoms with van der Waals surface area (Å²) in [7, 11) is 0. The zero-order valence-electron chi connectivity index (χ0n) is 15.3. The summed E-state index contributed by atoms with van der Waals surface area (Å²) in [5, 5.41) is 26.4. The van der Waals surface area contributed by atoms with E-state index in [1.54, 1.807) is 0 Å². The van der Waals surface area contributed by atoms with Crippen LogP contribution >= 0.6 is 0 Å². The largest absolute Gasteiger partial charge is 0.324 e. The van der Waals surface area contributed by atoms with Crippen molar-refractivity contribution >= 4 is 11.6 Å². The van der Waals surface area contributed by atoms with Crippen LogP contribution in [0.3, 0.4) is 0 Å². The monoisotopic (exact) mass is 375 g/mol. The van der Waals surface area contributed by atoms with Gasteiger partial charge in [-0.05, 0) is 53.3 Å². The Bertz CT molecular complexity index is 1120. The maximum absolute atomic E-state index is 12.3. The highest BCUT2D eigenvalue weighted by molar-refractivity contribution is 5.91. The lowest BCUT2D eigenvalue weighted by Gasteiger charge is -2.08. The number of benzene rings is 2. The van der Waals surface area contributed by atoms with Crippen LogP contribution in [0.5, 0.6) is 0 Å². The van der Waals surface area contributed by atoms with Crippen LogP contribution < -0.4 is 5.32 Å². The molecule has 0 aliphatic carbocycles. The van der Waals surface area contributed by atoms with Crippen molar-refractivity contribution < 1.29 is 4.79 Å². The molecule has 2 heterocycles. The van der Waals surface area contributed by atoms with Crippen LogP contribution in [-0.4, -0.2) is 46.3 Å². The van der Waals surface area contributed by atoms with E-state index in [9.17, 15) is 4.79 Å². The molecule has 0 aliphatic rings. The van der Waals surface area contributed by atoms with Gasteiger partial charge in [0.1, 0.15) is 12.9 Å². The van der Waals surface area contributed by atoms with Gasteiger partial charge in [-0.3, -0.25) is 4.79 Å². The third kappa shape index (κ3) is 3.61. The van der Waals surface area contributed by atoms with Crippen LogP contribution in [0.1, 0.15) is 11.1 Å². The summed E-state index contributed by atoms with van der Waals surface area (Å²) in [6.45, 7) is 3.91. The average Bonchev–Trinajstić information content (AvgIpc) is 3.36. The first-order chi connectivity index (χ1) is 13.6. The van der Waals surface area contributed by atoms with Crippen LogP contribution in [0.4, 0.5) is 5.69 Å². The summed E-state index contributed by atoms with van der Waals surface area (Å²) in [6, 6.07) is 13.2. The summed E-state index contributed by atoms with van der Waals surface area (Å²) < 4.78 is 1.52. The number of nitrogens with one attached hydrogen (secondary N) is 1. The highest BCUT2D eigenvalue weighted by atomic mass is 16.2. The molecule has 0 spiro atoms. The Balaban J connectivity index is 1.52. The molecule has 0 bridgehead atoms. The van der Waals surface area contributed by atoms with Crippen molar-refractivity contribution in [1.29, 1.82) is 0 Å². The summed E-state index contributed by atoms with van der Waals surface area (Å²) >= 11 is 0. The first-order valence-corrected chi connectivity index (χ1v) is 8.58. The van der Waals surface area contributed by atoms with Crippen molar-refractivity contribution in [2.45, 2.75) is 20.4 Å². The van der Waals surface area contributed by atoms with Crippen molar-refractivity contribution in [1.82, 2.24) is 40.4 Å². The van der Waals surface area contributed by atoms with Gasteiger partial charge >= 0.3 is 0 Å². The molecule has 2 aromatic heterocycles. The molecule has 0 unspecified atom stereocenters. The van der Waals surface area contributed by atoms with E-state index in [0.717, 1.165) is 16.8 Å². The topological polar surface area (TPSA) is 116 Å². The second kappa shape index (κ2) is 7.35. The Kier molecular flexibility index (Phi) is 4.58. The van der Waals surface area contributed by atoms with E-state index < -0.39 is 0 Å². The van der Waals surface area contributed by atoms with E-state index in [1.807, 2.05) is 56.3 Å². The Hall–Kier alpha value is -3.95. The fourth-order valence-corrected chi connectivity index (χ4v) is 2.82. The molecule has 1 N–H and O–H groups in total. The number of rotatable bonds is 5. The minimum Gasteiger partial charge on any atom is -0.324 e. The molecular weight excluding hydrogens is 358 g/mol. The normalized spacial score (nSPS) is 10.8. The molecule has 28 heavy (non-hydrogen) atoms. The fraction of sp³-hybridized carbons (Fsp3) is 0.167. The van der Waals surface area contributed by atoms with Gasteiger partial charge in [0, 0.05) is 11.3 Å². The van der Waals surface area contributed by atoms with Crippen molar-refractivity contribution in [2.24, 2.45) is 0 Å². The van der Waals surface area contributed by atoms with Crippen LogP contribution in [0, 0.1) is 13.8 Å². The number of anilines is 1. The van der Waals surface area contributed by atoms with Gasteiger partial charge in [0.25, 0.3) is 0 Å². The van der Waals surface area contributed by atoms with Gasteiger partial charge in [0.05, 0.1) is 5.69 Å². The number of carbonyl (C=O) groups excluding carboxylic acids is 1. The molecule has 1 amide bonds. The number of aromatic nitrogens is 8. The number of para-hydroxylation sites is 1. The van der Waals surface area contributed by atoms with E-state index in [-0.39, 0.29) is 12.5 Å². The number of nitrogens with zero attached hydrogens (tertiary/aromatic N) is 8. The number of hydrogen-bond acceptors (Lipinski definition) is 7. The fourth-order valence-electron chi connectivity index (χ4n) is 2.82. The Labute approximate surface area is 160 Å². The van der Waals surface area contributed by atoms with Crippen LogP contribution in [0.25, 0.3) is 17.1 Å². The van der Waals surface area contributed by atoms with Crippen molar-refractivity contribution in [3.63, 3.8) is 0 Å². The predicted molar refractivity (Wildman–Crippen MR) is 101 cm³/mol. The minimum absolute atomic E-state index is 0.0482. The molecule has 10 heteroatoms. The maximum Gasteiger partial charge on any atom is 0.248 e. The van der Waals surface area contributed by atoms with Gasteiger partial charge in [-0.2, -0.15) is 9.48 Å². The Morgan fingerprint density at radius 1 is 1.11 bits per heavy atom. The second-order valence-electron chi connectivity index (χ2n) is 6.28. The third-order valence-corrected chi connectivity index (χ3v) is 4.13. The van der Waals surface area contributed by atoms with E-state index in [1.165, 1.54) is 15.8 Å². The molecule has 140 valence electrons. The lowest BCUT2D eigenvalue weighted by atomic mass is 10.1. The molecular formula is C18H17N9O. The maximum atomic E-state index is 12.3. The van der Waals surface area contributed by atoms with Gasteiger partial charge in [-0.15, -0.1) is 15.3 Å². The standard InChI is InChI=1S/C18H17N9O/c1-12-7-8-15(13(2)9-12)20-17(28)10-27-22-18(21-24-27)14-5-3-4-6-16(14)26-11-19-23-25-26/h3-9,11H,10H2,1-2H3,(H,20,28).